The molecule has 9 rings (SSSR count). The van der Waals surface area contributed by atoms with Crippen LogP contribution in [0, 0.1) is 0 Å². The molecular weight excluding hydrogens is 701 g/mol. The SMILES string of the molecule is CC(C)(C)c1ccc(-c2cc(-c3ccc(C(C)(C)C)cc3)cc(-c3cccc(-c4cccc5c4Nc4ccccc4C5(c4ccccc4)c4ccccc4)n3)c2)cc1. The monoisotopic (exact) mass is 750 g/mol. The summed E-state index contributed by atoms with van der Waals surface area (Å²) in [6.45, 7) is 13.6. The number of aromatic nitrogens is 1. The number of nitrogens with one attached hydrogen (secondary N) is 1. The Morgan fingerprint density at radius 3 is 1.41 bits per heavy atom. The van der Waals surface area contributed by atoms with E-state index in [-0.39, 0.29) is 10.8 Å². The minimum atomic E-state index is -0.540. The Kier molecular flexibility index (Phi) is 9.24. The fourth-order valence-corrected chi connectivity index (χ4v) is 8.76. The highest BCUT2D eigenvalue weighted by Crippen LogP contribution is 2.55. The summed E-state index contributed by atoms with van der Waals surface area (Å²) < 4.78 is 0. The minimum absolute atomic E-state index is 0.0835. The lowest BCUT2D eigenvalue weighted by Gasteiger charge is -2.43. The Labute approximate surface area is 344 Å². The summed E-state index contributed by atoms with van der Waals surface area (Å²) in [5.74, 6) is 0. The fraction of sp³-hybridized carbons (Fsp3) is 0.161. The molecule has 1 aliphatic rings. The minimum Gasteiger partial charge on any atom is -0.354 e. The average molecular weight is 751 g/mol. The first kappa shape index (κ1) is 37.1. The first-order chi connectivity index (χ1) is 28.0. The molecule has 284 valence electrons. The van der Waals surface area contributed by atoms with Crippen LogP contribution in [0.3, 0.4) is 0 Å². The molecule has 1 aliphatic heterocycles. The van der Waals surface area contributed by atoms with Crippen LogP contribution in [0.5, 0.6) is 0 Å². The lowest BCUT2D eigenvalue weighted by atomic mass is 9.62. The van der Waals surface area contributed by atoms with E-state index in [0.717, 1.165) is 33.9 Å². The van der Waals surface area contributed by atoms with E-state index in [2.05, 4.69) is 235 Å². The van der Waals surface area contributed by atoms with Crippen LogP contribution in [0.1, 0.15) is 74.9 Å². The molecule has 1 aromatic heterocycles. The molecule has 0 spiro atoms. The molecule has 1 N–H and O–H groups in total. The Hall–Kier alpha value is -6.51. The summed E-state index contributed by atoms with van der Waals surface area (Å²) in [5, 5.41) is 3.91. The van der Waals surface area contributed by atoms with Crippen molar-refractivity contribution in [3.8, 4) is 44.8 Å². The molecule has 0 saturated heterocycles. The number of hydrogen-bond acceptors (Lipinski definition) is 2. The number of fused-ring (bicyclic) bond motifs is 2. The number of anilines is 2. The first-order valence-electron chi connectivity index (χ1n) is 20.5. The van der Waals surface area contributed by atoms with E-state index in [9.17, 15) is 0 Å². The molecule has 0 saturated carbocycles. The molecule has 7 aromatic carbocycles. The van der Waals surface area contributed by atoms with Crippen molar-refractivity contribution in [2.45, 2.75) is 57.8 Å². The zero-order valence-electron chi connectivity index (χ0n) is 34.3. The molecule has 2 nitrogen and oxygen atoms in total. The van der Waals surface area contributed by atoms with Crippen LogP contribution in [-0.4, -0.2) is 4.98 Å². The lowest BCUT2D eigenvalue weighted by molar-refractivity contribution is 0.590. The summed E-state index contributed by atoms with van der Waals surface area (Å²) in [6, 6.07) is 68.8. The van der Waals surface area contributed by atoms with Crippen molar-refractivity contribution in [2.75, 3.05) is 5.32 Å². The highest BCUT2D eigenvalue weighted by atomic mass is 14.9. The number of hydrogen-bond donors (Lipinski definition) is 1. The second kappa shape index (κ2) is 14.5. The highest BCUT2D eigenvalue weighted by Gasteiger charge is 2.44. The van der Waals surface area contributed by atoms with Gasteiger partial charge in [0.05, 0.1) is 22.5 Å². The topological polar surface area (TPSA) is 24.9 Å². The molecular formula is C56H50N2. The second-order valence-electron chi connectivity index (χ2n) is 17.7. The van der Waals surface area contributed by atoms with E-state index in [0.29, 0.717) is 0 Å². The molecule has 2 heterocycles. The summed E-state index contributed by atoms with van der Waals surface area (Å²) in [5.41, 5.74) is 18.1. The Bertz CT molecular complexity index is 2620. The molecule has 0 aliphatic carbocycles. The van der Waals surface area contributed by atoms with Crippen molar-refractivity contribution in [1.29, 1.82) is 0 Å². The third-order valence-electron chi connectivity index (χ3n) is 11.9. The summed E-state index contributed by atoms with van der Waals surface area (Å²) in [6.07, 6.45) is 0. The van der Waals surface area contributed by atoms with Crippen molar-refractivity contribution >= 4 is 11.4 Å². The molecule has 0 fully saturated rings. The van der Waals surface area contributed by atoms with Gasteiger partial charge >= 0.3 is 0 Å². The third kappa shape index (κ3) is 6.63. The van der Waals surface area contributed by atoms with Crippen LogP contribution in [-0.2, 0) is 16.2 Å². The quantitative estimate of drug-likeness (QED) is 0.183. The Morgan fingerprint density at radius 2 is 0.862 bits per heavy atom. The number of benzene rings is 7. The van der Waals surface area contributed by atoms with Crippen LogP contribution in [0.25, 0.3) is 44.8 Å². The highest BCUT2D eigenvalue weighted by molar-refractivity contribution is 5.91. The van der Waals surface area contributed by atoms with E-state index in [4.69, 9.17) is 4.98 Å². The van der Waals surface area contributed by atoms with Gasteiger partial charge in [0.2, 0.25) is 0 Å². The maximum atomic E-state index is 5.49. The van der Waals surface area contributed by atoms with E-state index in [1.807, 2.05) is 0 Å². The van der Waals surface area contributed by atoms with Crippen molar-refractivity contribution in [1.82, 2.24) is 4.98 Å². The van der Waals surface area contributed by atoms with Gasteiger partial charge in [0.15, 0.2) is 0 Å². The molecule has 58 heavy (non-hydrogen) atoms. The first-order valence-corrected chi connectivity index (χ1v) is 20.5. The fourth-order valence-electron chi connectivity index (χ4n) is 8.76. The largest absolute Gasteiger partial charge is 0.354 e. The van der Waals surface area contributed by atoms with Gasteiger partial charge in [-0.2, -0.15) is 0 Å². The molecule has 0 bridgehead atoms. The van der Waals surface area contributed by atoms with E-state index >= 15 is 0 Å². The third-order valence-corrected chi connectivity index (χ3v) is 11.9. The van der Waals surface area contributed by atoms with Gasteiger partial charge in [0, 0.05) is 16.8 Å². The number of nitrogens with zero attached hydrogens (tertiary/aromatic N) is 1. The predicted octanol–water partition coefficient (Wildman–Crippen LogP) is 14.8. The van der Waals surface area contributed by atoms with Crippen molar-refractivity contribution < 1.29 is 0 Å². The molecule has 2 heteroatoms. The number of pyridine rings is 1. The van der Waals surface area contributed by atoms with Crippen molar-refractivity contribution in [2.24, 2.45) is 0 Å². The normalized spacial score (nSPS) is 13.3. The zero-order valence-corrected chi connectivity index (χ0v) is 34.3. The van der Waals surface area contributed by atoms with Crippen LogP contribution < -0.4 is 5.32 Å². The smallest absolute Gasteiger partial charge is 0.0742 e. The van der Waals surface area contributed by atoms with Gasteiger partial charge in [0.25, 0.3) is 0 Å². The van der Waals surface area contributed by atoms with Crippen LogP contribution in [0.4, 0.5) is 11.4 Å². The number of para-hydroxylation sites is 2. The summed E-state index contributed by atoms with van der Waals surface area (Å²) >= 11 is 0. The predicted molar refractivity (Wildman–Crippen MR) is 245 cm³/mol. The van der Waals surface area contributed by atoms with Crippen LogP contribution in [0.2, 0.25) is 0 Å². The summed E-state index contributed by atoms with van der Waals surface area (Å²) in [4.78, 5) is 5.49. The van der Waals surface area contributed by atoms with Gasteiger partial charge in [-0.3, -0.25) is 0 Å². The van der Waals surface area contributed by atoms with Crippen LogP contribution in [0.15, 0.2) is 188 Å². The van der Waals surface area contributed by atoms with E-state index in [1.54, 1.807) is 0 Å². The van der Waals surface area contributed by atoms with Gasteiger partial charge < -0.3 is 5.32 Å². The van der Waals surface area contributed by atoms with E-state index in [1.165, 1.54) is 55.6 Å². The standard InChI is InChI=1S/C56H50N2/c1-54(2,3)43-31-27-38(28-32-43)40-35-41(39-29-33-44(34-30-39)55(4,5)6)37-42(36-40)50-25-16-26-51(57-50)47-21-15-23-49-53(47)58-52-24-14-13-22-48(52)56(49,45-17-9-7-10-18-45)46-19-11-8-12-20-46/h7-37,58H,1-6H3. The Balaban J connectivity index is 1.21. The van der Waals surface area contributed by atoms with Gasteiger partial charge in [-0.05, 0) is 103 Å². The molecule has 0 amide bonds. The van der Waals surface area contributed by atoms with Crippen molar-refractivity contribution in [3.63, 3.8) is 0 Å². The average Bonchev–Trinajstić information content (AvgIpc) is 3.25. The second-order valence-corrected chi connectivity index (χ2v) is 17.7. The lowest BCUT2D eigenvalue weighted by Crippen LogP contribution is -2.35. The molecule has 0 radical (unpaired) electrons. The zero-order chi connectivity index (χ0) is 40.1. The molecule has 0 atom stereocenters. The maximum Gasteiger partial charge on any atom is 0.0742 e. The molecule has 0 unspecified atom stereocenters. The maximum absolute atomic E-state index is 5.49. The van der Waals surface area contributed by atoms with Gasteiger partial charge in [-0.1, -0.05) is 193 Å². The van der Waals surface area contributed by atoms with Gasteiger partial charge in [-0.15, -0.1) is 0 Å². The van der Waals surface area contributed by atoms with E-state index < -0.39 is 5.41 Å². The number of rotatable bonds is 6. The molecule has 8 aromatic rings. The van der Waals surface area contributed by atoms with Gasteiger partial charge in [0.1, 0.15) is 0 Å². The summed E-state index contributed by atoms with van der Waals surface area (Å²) in [7, 11) is 0. The van der Waals surface area contributed by atoms with Crippen LogP contribution >= 0.6 is 0 Å². The van der Waals surface area contributed by atoms with Crippen molar-refractivity contribution in [3.05, 3.63) is 221 Å². The Morgan fingerprint density at radius 1 is 0.397 bits per heavy atom. The van der Waals surface area contributed by atoms with Gasteiger partial charge in [-0.25, -0.2) is 4.98 Å².